The van der Waals surface area contributed by atoms with Gasteiger partial charge in [0.05, 0.1) is 23.9 Å². The molecule has 0 aliphatic heterocycles. The van der Waals surface area contributed by atoms with Gasteiger partial charge in [0, 0.05) is 6.20 Å². The van der Waals surface area contributed by atoms with Gasteiger partial charge in [0.25, 0.3) is 0 Å². The summed E-state index contributed by atoms with van der Waals surface area (Å²) < 4.78 is 13.8. The van der Waals surface area contributed by atoms with E-state index in [1.807, 2.05) is 4.98 Å². The summed E-state index contributed by atoms with van der Waals surface area (Å²) in [6, 6.07) is 1.14. The lowest BCUT2D eigenvalue weighted by Crippen LogP contribution is -2.31. The maximum Gasteiger partial charge on any atom is 0.350 e. The molecular weight excluding hydrogens is 259 g/mol. The lowest BCUT2D eigenvalue weighted by atomic mass is 10.3. The molecule has 2 rings (SSSR count). The van der Waals surface area contributed by atoms with E-state index < -0.39 is 27.7 Å². The van der Waals surface area contributed by atoms with Gasteiger partial charge in [-0.2, -0.15) is 0 Å². The van der Waals surface area contributed by atoms with Gasteiger partial charge in [0.15, 0.2) is 0 Å². The van der Waals surface area contributed by atoms with E-state index in [4.69, 9.17) is 0 Å². The highest BCUT2D eigenvalue weighted by atomic mass is 19.1. The van der Waals surface area contributed by atoms with Crippen LogP contribution in [0.3, 0.4) is 0 Å². The first-order valence-corrected chi connectivity index (χ1v) is 5.05. The van der Waals surface area contributed by atoms with Crippen molar-refractivity contribution >= 4 is 5.69 Å². The van der Waals surface area contributed by atoms with Crippen molar-refractivity contribution in [3.8, 4) is 0 Å². The second-order valence-corrected chi connectivity index (χ2v) is 3.67. The zero-order chi connectivity index (χ0) is 14.0. The summed E-state index contributed by atoms with van der Waals surface area (Å²) in [5.41, 5.74) is -2.32. The number of aromatic nitrogens is 3. The molecule has 0 aliphatic carbocycles. The van der Waals surface area contributed by atoms with E-state index in [-0.39, 0.29) is 6.54 Å². The molecule has 0 amide bonds. The molecule has 1 N–H and O–H groups in total. The van der Waals surface area contributed by atoms with Gasteiger partial charge in [0.2, 0.25) is 0 Å². The largest absolute Gasteiger partial charge is 0.350 e. The average Bonchev–Trinajstić information content (AvgIpc) is 2.32. The highest BCUT2D eigenvalue weighted by molar-refractivity contribution is 5.21. The number of halogens is 1. The molecule has 2 aromatic rings. The molecule has 0 saturated heterocycles. The second kappa shape index (κ2) is 4.80. The number of rotatable bonds is 3. The van der Waals surface area contributed by atoms with E-state index in [0.717, 1.165) is 23.0 Å². The van der Waals surface area contributed by atoms with Crippen molar-refractivity contribution in [2.75, 3.05) is 0 Å². The third-order valence-corrected chi connectivity index (χ3v) is 2.30. The molecule has 0 aliphatic rings. The van der Waals surface area contributed by atoms with Crippen LogP contribution >= 0.6 is 0 Å². The summed E-state index contributed by atoms with van der Waals surface area (Å²) in [5.74, 6) is -0.593. The first-order chi connectivity index (χ1) is 8.97. The second-order valence-electron chi connectivity index (χ2n) is 3.67. The minimum absolute atomic E-state index is 0.138. The van der Waals surface area contributed by atoms with Crippen molar-refractivity contribution in [1.29, 1.82) is 0 Å². The maximum atomic E-state index is 12.9. The fraction of sp³-hybridized carbons (Fsp3) is 0.100. The van der Waals surface area contributed by atoms with E-state index in [0.29, 0.717) is 5.56 Å². The number of hydrogen-bond acceptors (Lipinski definition) is 5. The van der Waals surface area contributed by atoms with Gasteiger partial charge < -0.3 is 0 Å². The van der Waals surface area contributed by atoms with Gasteiger partial charge in [-0.1, -0.05) is 0 Å². The summed E-state index contributed by atoms with van der Waals surface area (Å²) in [5, 5.41) is 10.6. The number of aromatic amines is 1. The van der Waals surface area contributed by atoms with E-state index in [9.17, 15) is 24.1 Å². The van der Waals surface area contributed by atoms with Crippen LogP contribution in [0.2, 0.25) is 0 Å². The fourth-order valence-corrected chi connectivity index (χ4v) is 1.48. The minimum Gasteiger partial charge on any atom is -0.289 e. The first-order valence-electron chi connectivity index (χ1n) is 5.05. The van der Waals surface area contributed by atoms with Crippen LogP contribution < -0.4 is 11.2 Å². The monoisotopic (exact) mass is 266 g/mol. The Bertz CT molecular complexity index is 752. The van der Waals surface area contributed by atoms with E-state index >= 15 is 0 Å². The Hall–Kier alpha value is -2.84. The molecule has 19 heavy (non-hydrogen) atoms. The lowest BCUT2D eigenvalue weighted by Gasteiger charge is -2.04. The number of H-pyrrole nitrogens is 1. The molecular formula is C10H7FN4O4. The van der Waals surface area contributed by atoms with Crippen LogP contribution in [0.15, 0.2) is 34.2 Å². The fourth-order valence-electron chi connectivity index (χ4n) is 1.48. The topological polar surface area (TPSA) is 111 Å². The van der Waals surface area contributed by atoms with Gasteiger partial charge in [0.1, 0.15) is 5.82 Å². The molecule has 0 bridgehead atoms. The maximum absolute atomic E-state index is 12.9. The van der Waals surface area contributed by atoms with Crippen molar-refractivity contribution in [3.05, 3.63) is 67.0 Å². The Labute approximate surface area is 104 Å². The lowest BCUT2D eigenvalue weighted by molar-refractivity contribution is -0.386. The van der Waals surface area contributed by atoms with Crippen molar-refractivity contribution in [2.45, 2.75) is 6.54 Å². The number of hydrogen-bond donors (Lipinski definition) is 1. The van der Waals surface area contributed by atoms with Crippen LogP contribution in [0.1, 0.15) is 5.56 Å². The zero-order valence-electron chi connectivity index (χ0n) is 9.37. The van der Waals surface area contributed by atoms with E-state index in [1.54, 1.807) is 0 Å². The first kappa shape index (κ1) is 12.6. The highest BCUT2D eigenvalue weighted by Gasteiger charge is 2.15. The molecule has 0 spiro atoms. The van der Waals surface area contributed by atoms with Crippen molar-refractivity contribution in [3.63, 3.8) is 0 Å². The van der Waals surface area contributed by atoms with Crippen LogP contribution in [-0.4, -0.2) is 19.5 Å². The molecule has 0 fully saturated rings. The Kier molecular flexibility index (Phi) is 3.19. The number of nitrogens with zero attached hydrogens (tertiary/aromatic N) is 3. The quantitative estimate of drug-likeness (QED) is 0.622. The molecule has 0 saturated carbocycles. The Balaban J connectivity index is 2.46. The third-order valence-electron chi connectivity index (χ3n) is 2.30. The average molecular weight is 266 g/mol. The van der Waals surface area contributed by atoms with Crippen LogP contribution in [0, 0.1) is 15.9 Å². The molecule has 0 radical (unpaired) electrons. The number of nitrogens with one attached hydrogen (secondary N) is 1. The molecule has 2 heterocycles. The van der Waals surface area contributed by atoms with E-state index in [1.165, 1.54) is 6.20 Å². The summed E-state index contributed by atoms with van der Waals surface area (Å²) in [6.07, 6.45) is 3.11. The minimum atomic E-state index is -1.08. The molecule has 8 nitrogen and oxygen atoms in total. The molecule has 0 aromatic carbocycles. The van der Waals surface area contributed by atoms with Crippen LogP contribution in [0.25, 0.3) is 0 Å². The predicted octanol–water partition coefficient (Wildman–Crippen LogP) is 0.0272. The van der Waals surface area contributed by atoms with Gasteiger partial charge in [-0.25, -0.2) is 9.18 Å². The SMILES string of the molecule is O=c1[nH]c(=O)n(Cc2cncc(F)c2)cc1[N+](=O)[O-]. The van der Waals surface area contributed by atoms with Gasteiger partial charge >= 0.3 is 16.9 Å². The van der Waals surface area contributed by atoms with Gasteiger partial charge in [-0.15, -0.1) is 0 Å². The predicted molar refractivity (Wildman–Crippen MR) is 61.3 cm³/mol. The summed E-state index contributed by atoms with van der Waals surface area (Å²) in [6.45, 7) is -0.138. The number of nitro groups is 1. The molecule has 9 heteroatoms. The Morgan fingerprint density at radius 1 is 1.42 bits per heavy atom. The standard InChI is InChI=1S/C10H7FN4O4/c11-7-1-6(2-12-3-7)4-14-5-8(15(18)19)9(16)13-10(14)17/h1-3,5H,4H2,(H,13,16,17). The Morgan fingerprint density at radius 2 is 2.16 bits per heavy atom. The molecule has 2 aromatic heterocycles. The third kappa shape index (κ3) is 2.70. The molecule has 0 atom stereocenters. The zero-order valence-corrected chi connectivity index (χ0v) is 9.37. The normalized spacial score (nSPS) is 10.4. The van der Waals surface area contributed by atoms with E-state index in [2.05, 4.69) is 4.98 Å². The molecule has 98 valence electrons. The summed E-state index contributed by atoms with van der Waals surface area (Å²) in [4.78, 5) is 37.7. The molecule has 0 unspecified atom stereocenters. The summed E-state index contributed by atoms with van der Waals surface area (Å²) in [7, 11) is 0. The number of pyridine rings is 1. The van der Waals surface area contributed by atoms with Crippen molar-refractivity contribution < 1.29 is 9.31 Å². The van der Waals surface area contributed by atoms with Gasteiger partial charge in [-0.3, -0.25) is 29.4 Å². The van der Waals surface area contributed by atoms with Gasteiger partial charge in [-0.05, 0) is 11.6 Å². The van der Waals surface area contributed by atoms with Crippen LogP contribution in [0.5, 0.6) is 0 Å². The smallest absolute Gasteiger partial charge is 0.289 e. The van der Waals surface area contributed by atoms with Crippen molar-refractivity contribution in [1.82, 2.24) is 14.5 Å². The summed E-state index contributed by atoms with van der Waals surface area (Å²) >= 11 is 0. The van der Waals surface area contributed by atoms with Crippen molar-refractivity contribution in [2.24, 2.45) is 0 Å². The van der Waals surface area contributed by atoms with Crippen LogP contribution in [0.4, 0.5) is 10.1 Å². The Morgan fingerprint density at radius 3 is 2.79 bits per heavy atom. The highest BCUT2D eigenvalue weighted by Crippen LogP contribution is 2.04. The van der Waals surface area contributed by atoms with Crippen LogP contribution in [-0.2, 0) is 6.54 Å².